The number of hydrogen-bond acceptors (Lipinski definition) is 3. The molecule has 158 valence electrons. The summed E-state index contributed by atoms with van der Waals surface area (Å²) < 4.78 is 0. The van der Waals surface area contributed by atoms with Crippen LogP contribution in [0.5, 0.6) is 0 Å². The number of carbonyl (C=O) groups excluding carboxylic acids is 3. The molecule has 2 aromatic rings. The maximum absolute atomic E-state index is 12.5. The molecule has 1 unspecified atom stereocenters. The van der Waals surface area contributed by atoms with Crippen molar-refractivity contribution in [1.29, 1.82) is 0 Å². The predicted molar refractivity (Wildman–Crippen MR) is 119 cm³/mol. The van der Waals surface area contributed by atoms with Gasteiger partial charge in [0.1, 0.15) is 0 Å². The third-order valence-electron chi connectivity index (χ3n) is 5.63. The first-order chi connectivity index (χ1) is 14.4. The Kier molecular flexibility index (Phi) is 6.87. The normalized spacial score (nSPS) is 15.9. The highest BCUT2D eigenvalue weighted by atomic mass is 16.2. The molecule has 1 aliphatic rings. The summed E-state index contributed by atoms with van der Waals surface area (Å²) in [6, 6.07) is 12.6. The van der Waals surface area contributed by atoms with Crippen molar-refractivity contribution >= 4 is 29.1 Å². The average molecular weight is 408 g/mol. The zero-order valence-corrected chi connectivity index (χ0v) is 17.8. The van der Waals surface area contributed by atoms with Crippen LogP contribution in [0.4, 0.5) is 11.4 Å². The van der Waals surface area contributed by atoms with Crippen molar-refractivity contribution < 1.29 is 14.4 Å². The van der Waals surface area contributed by atoms with E-state index in [1.165, 1.54) is 0 Å². The van der Waals surface area contributed by atoms with Crippen LogP contribution in [0.15, 0.2) is 42.5 Å². The van der Waals surface area contributed by atoms with Crippen molar-refractivity contribution in [2.75, 3.05) is 23.7 Å². The molecule has 30 heavy (non-hydrogen) atoms. The standard InChI is InChI=1S/C24H29N3O3/c1-4-5-13-27-15-19(14-22(27)28)24(30)25-20-11-9-18(10-12-20)23(29)26-21-8-6-7-16(2)17(21)3/h6-12,19H,4-5,13-15H2,1-3H3,(H,25,30)(H,26,29). The van der Waals surface area contributed by atoms with E-state index in [1.54, 1.807) is 29.2 Å². The summed E-state index contributed by atoms with van der Waals surface area (Å²) in [7, 11) is 0. The number of likely N-dealkylation sites (tertiary alicyclic amines) is 1. The number of benzene rings is 2. The number of nitrogens with one attached hydrogen (secondary N) is 2. The van der Waals surface area contributed by atoms with Gasteiger partial charge in [-0.25, -0.2) is 0 Å². The number of rotatable bonds is 7. The molecule has 0 spiro atoms. The van der Waals surface area contributed by atoms with Crippen LogP contribution in [0.3, 0.4) is 0 Å². The van der Waals surface area contributed by atoms with E-state index >= 15 is 0 Å². The maximum atomic E-state index is 12.5. The Morgan fingerprint density at radius 2 is 1.80 bits per heavy atom. The third kappa shape index (κ3) is 5.06. The zero-order valence-electron chi connectivity index (χ0n) is 17.8. The van der Waals surface area contributed by atoms with Crippen molar-refractivity contribution in [3.63, 3.8) is 0 Å². The largest absolute Gasteiger partial charge is 0.342 e. The van der Waals surface area contributed by atoms with Crippen LogP contribution in [0.1, 0.15) is 47.7 Å². The molecule has 0 saturated carbocycles. The van der Waals surface area contributed by atoms with Crippen LogP contribution in [0.2, 0.25) is 0 Å². The predicted octanol–water partition coefficient (Wildman–Crippen LogP) is 4.14. The van der Waals surface area contributed by atoms with E-state index in [-0.39, 0.29) is 30.1 Å². The molecule has 0 aromatic heterocycles. The first-order valence-electron chi connectivity index (χ1n) is 10.4. The molecule has 2 aromatic carbocycles. The van der Waals surface area contributed by atoms with Crippen molar-refractivity contribution in [1.82, 2.24) is 4.90 Å². The molecule has 3 amide bonds. The minimum Gasteiger partial charge on any atom is -0.342 e. The zero-order chi connectivity index (χ0) is 21.7. The number of anilines is 2. The lowest BCUT2D eigenvalue weighted by Crippen LogP contribution is -2.29. The van der Waals surface area contributed by atoms with Gasteiger partial charge in [0.05, 0.1) is 5.92 Å². The van der Waals surface area contributed by atoms with Crippen LogP contribution in [0.25, 0.3) is 0 Å². The highest BCUT2D eigenvalue weighted by Crippen LogP contribution is 2.22. The third-order valence-corrected chi connectivity index (χ3v) is 5.63. The molecule has 1 atom stereocenters. The Balaban J connectivity index is 1.58. The number of carbonyl (C=O) groups is 3. The van der Waals surface area contributed by atoms with E-state index in [0.29, 0.717) is 24.3 Å². The number of amides is 3. The average Bonchev–Trinajstić information content (AvgIpc) is 3.11. The van der Waals surface area contributed by atoms with E-state index in [0.717, 1.165) is 29.7 Å². The van der Waals surface area contributed by atoms with Gasteiger partial charge >= 0.3 is 0 Å². The summed E-state index contributed by atoms with van der Waals surface area (Å²) in [6.45, 7) is 7.24. The molecule has 1 fully saturated rings. The molecule has 1 heterocycles. The van der Waals surface area contributed by atoms with Crippen LogP contribution in [0, 0.1) is 19.8 Å². The summed E-state index contributed by atoms with van der Waals surface area (Å²) in [5, 5.41) is 5.79. The monoisotopic (exact) mass is 407 g/mol. The van der Waals surface area contributed by atoms with Crippen LogP contribution in [-0.2, 0) is 9.59 Å². The van der Waals surface area contributed by atoms with E-state index in [1.807, 2.05) is 32.0 Å². The second-order valence-electron chi connectivity index (χ2n) is 7.86. The van der Waals surface area contributed by atoms with Gasteiger partial charge in [0.25, 0.3) is 5.91 Å². The number of nitrogens with zero attached hydrogens (tertiary/aromatic N) is 1. The summed E-state index contributed by atoms with van der Waals surface area (Å²) in [5.74, 6) is -0.645. The van der Waals surface area contributed by atoms with Crippen molar-refractivity contribution in [3.05, 3.63) is 59.2 Å². The minimum atomic E-state index is -0.332. The topological polar surface area (TPSA) is 78.5 Å². The van der Waals surface area contributed by atoms with Gasteiger partial charge in [-0.15, -0.1) is 0 Å². The Hall–Kier alpha value is -3.15. The van der Waals surface area contributed by atoms with Gasteiger partial charge in [0.15, 0.2) is 0 Å². The Morgan fingerprint density at radius 1 is 1.07 bits per heavy atom. The number of hydrogen-bond donors (Lipinski definition) is 2. The summed E-state index contributed by atoms with van der Waals surface area (Å²) in [6.07, 6.45) is 2.22. The molecule has 1 aliphatic heterocycles. The van der Waals surface area contributed by atoms with Gasteiger partial charge in [0.2, 0.25) is 11.8 Å². The van der Waals surface area contributed by atoms with Gasteiger partial charge in [-0.3, -0.25) is 14.4 Å². The molecule has 6 heteroatoms. The lowest BCUT2D eigenvalue weighted by molar-refractivity contribution is -0.128. The first kappa shape index (κ1) is 21.6. The molecular formula is C24H29N3O3. The number of unbranched alkanes of at least 4 members (excludes halogenated alkanes) is 1. The number of aryl methyl sites for hydroxylation is 1. The Bertz CT molecular complexity index is 937. The molecular weight excluding hydrogens is 378 g/mol. The SMILES string of the molecule is CCCCN1CC(C(=O)Nc2ccc(C(=O)Nc3cccc(C)c3C)cc2)CC1=O. The molecule has 0 aliphatic carbocycles. The van der Waals surface area contributed by atoms with E-state index < -0.39 is 0 Å². The lowest BCUT2D eigenvalue weighted by atomic mass is 10.1. The van der Waals surface area contributed by atoms with E-state index in [4.69, 9.17) is 0 Å². The molecule has 0 radical (unpaired) electrons. The van der Waals surface area contributed by atoms with E-state index in [9.17, 15) is 14.4 Å². The van der Waals surface area contributed by atoms with Crippen molar-refractivity contribution in [2.45, 2.75) is 40.0 Å². The van der Waals surface area contributed by atoms with Crippen LogP contribution >= 0.6 is 0 Å². The first-order valence-corrected chi connectivity index (χ1v) is 10.4. The second kappa shape index (κ2) is 9.57. The fraction of sp³-hybridized carbons (Fsp3) is 0.375. The highest BCUT2D eigenvalue weighted by Gasteiger charge is 2.33. The van der Waals surface area contributed by atoms with Gasteiger partial charge in [-0.1, -0.05) is 25.5 Å². The van der Waals surface area contributed by atoms with Crippen LogP contribution in [-0.4, -0.2) is 35.7 Å². The molecule has 1 saturated heterocycles. The van der Waals surface area contributed by atoms with Gasteiger partial charge in [0, 0.05) is 36.4 Å². The fourth-order valence-electron chi connectivity index (χ4n) is 3.54. The fourth-order valence-corrected chi connectivity index (χ4v) is 3.54. The maximum Gasteiger partial charge on any atom is 0.255 e. The van der Waals surface area contributed by atoms with E-state index in [2.05, 4.69) is 17.6 Å². The summed E-state index contributed by atoms with van der Waals surface area (Å²) >= 11 is 0. The van der Waals surface area contributed by atoms with Crippen LogP contribution < -0.4 is 10.6 Å². The molecule has 6 nitrogen and oxygen atoms in total. The van der Waals surface area contributed by atoms with Gasteiger partial charge in [-0.05, 0) is 61.7 Å². The lowest BCUT2D eigenvalue weighted by Gasteiger charge is -2.16. The molecule has 3 rings (SSSR count). The minimum absolute atomic E-state index is 0.0436. The quantitative estimate of drug-likeness (QED) is 0.724. The van der Waals surface area contributed by atoms with Gasteiger partial charge in [-0.2, -0.15) is 0 Å². The smallest absolute Gasteiger partial charge is 0.255 e. The summed E-state index contributed by atoms with van der Waals surface area (Å²) in [5.41, 5.74) is 4.06. The Morgan fingerprint density at radius 3 is 2.50 bits per heavy atom. The Labute approximate surface area is 177 Å². The van der Waals surface area contributed by atoms with Gasteiger partial charge < -0.3 is 15.5 Å². The second-order valence-corrected chi connectivity index (χ2v) is 7.86. The molecule has 2 N–H and O–H groups in total. The van der Waals surface area contributed by atoms with Crippen molar-refractivity contribution in [2.24, 2.45) is 5.92 Å². The van der Waals surface area contributed by atoms with Crippen molar-refractivity contribution in [3.8, 4) is 0 Å². The summed E-state index contributed by atoms with van der Waals surface area (Å²) in [4.78, 5) is 38.9. The molecule has 0 bridgehead atoms. The highest BCUT2D eigenvalue weighted by molar-refractivity contribution is 6.05.